The highest BCUT2D eigenvalue weighted by molar-refractivity contribution is 5.87. The van der Waals surface area contributed by atoms with Crippen LogP contribution in [-0.4, -0.2) is 32.5 Å². The smallest absolute Gasteiger partial charge is 0.270 e. The Kier molecular flexibility index (Phi) is 7.15. The van der Waals surface area contributed by atoms with Gasteiger partial charge in [0.25, 0.3) is 11.4 Å². The molecule has 0 saturated carbocycles. The van der Waals surface area contributed by atoms with Crippen molar-refractivity contribution >= 4 is 35.2 Å². The predicted molar refractivity (Wildman–Crippen MR) is 137 cm³/mol. The Bertz CT molecular complexity index is 1400. The lowest BCUT2D eigenvalue weighted by molar-refractivity contribution is -0.385. The lowest BCUT2D eigenvalue weighted by Gasteiger charge is -2.06. The summed E-state index contributed by atoms with van der Waals surface area (Å²) in [7, 11) is 0. The van der Waals surface area contributed by atoms with Gasteiger partial charge in [0.1, 0.15) is 23.0 Å². The van der Waals surface area contributed by atoms with Gasteiger partial charge in [0.15, 0.2) is 0 Å². The Labute approximate surface area is 209 Å². The molecule has 0 heterocycles. The van der Waals surface area contributed by atoms with E-state index in [-0.39, 0.29) is 34.0 Å². The van der Waals surface area contributed by atoms with Crippen molar-refractivity contribution in [1.82, 2.24) is 0 Å². The molecule has 0 aliphatic heterocycles. The fourth-order valence-electron chi connectivity index (χ4n) is 3.14. The second-order valence-electron chi connectivity index (χ2n) is 7.61. The molecule has 4 aromatic carbocycles. The molecule has 0 atom stereocenters. The molecule has 184 valence electrons. The van der Waals surface area contributed by atoms with Crippen molar-refractivity contribution < 1.29 is 24.8 Å². The van der Waals surface area contributed by atoms with Crippen molar-refractivity contribution in [2.75, 3.05) is 0 Å². The van der Waals surface area contributed by atoms with Crippen LogP contribution in [0.25, 0.3) is 0 Å². The molecule has 37 heavy (non-hydrogen) atoms. The first-order valence-corrected chi connectivity index (χ1v) is 10.7. The summed E-state index contributed by atoms with van der Waals surface area (Å²) in [6.45, 7) is 0. The molecule has 0 spiro atoms. The minimum absolute atomic E-state index is 0.121. The molecular weight excluding hydrogens is 480 g/mol. The van der Waals surface area contributed by atoms with E-state index in [4.69, 9.17) is 4.74 Å². The van der Waals surface area contributed by atoms with Gasteiger partial charge in [-0.15, -0.1) is 0 Å². The van der Waals surface area contributed by atoms with Gasteiger partial charge in [0.05, 0.1) is 21.2 Å². The van der Waals surface area contributed by atoms with Gasteiger partial charge in [0, 0.05) is 47.8 Å². The first-order chi connectivity index (χ1) is 17.8. The molecule has 0 amide bonds. The average Bonchev–Trinajstić information content (AvgIpc) is 2.89. The molecule has 4 rings (SSSR count). The first kappa shape index (κ1) is 24.5. The number of phenolic OH excluding ortho intramolecular Hbond substituents is 2. The first-order valence-electron chi connectivity index (χ1n) is 10.7. The van der Waals surface area contributed by atoms with Gasteiger partial charge in [0.2, 0.25) is 0 Å². The zero-order chi connectivity index (χ0) is 26.4. The minimum atomic E-state index is -0.552. The SMILES string of the molecule is O=[N+]([O-])c1ccc(O)c(C=Nc2ccc(Oc3ccc(N=Cc4cc([N+](=O)[O-])ccc4O)cc3)cc2)c1. The number of phenols is 2. The van der Waals surface area contributed by atoms with Gasteiger partial charge in [-0.3, -0.25) is 30.2 Å². The van der Waals surface area contributed by atoms with Crippen LogP contribution in [-0.2, 0) is 0 Å². The number of aliphatic imine (C=N–C) groups is 2. The highest BCUT2D eigenvalue weighted by Crippen LogP contribution is 2.28. The normalized spacial score (nSPS) is 11.1. The molecule has 11 heteroatoms. The number of rotatable bonds is 8. The van der Waals surface area contributed by atoms with Gasteiger partial charge in [-0.1, -0.05) is 0 Å². The maximum absolute atomic E-state index is 10.9. The van der Waals surface area contributed by atoms with Gasteiger partial charge in [-0.05, 0) is 60.7 Å². The molecule has 0 fully saturated rings. The fourth-order valence-corrected chi connectivity index (χ4v) is 3.14. The number of hydrogen-bond donors (Lipinski definition) is 2. The van der Waals surface area contributed by atoms with Crippen LogP contribution in [0.3, 0.4) is 0 Å². The van der Waals surface area contributed by atoms with Crippen LogP contribution < -0.4 is 4.74 Å². The third-order valence-corrected chi connectivity index (χ3v) is 5.06. The second-order valence-corrected chi connectivity index (χ2v) is 7.61. The minimum Gasteiger partial charge on any atom is -0.507 e. The maximum Gasteiger partial charge on any atom is 0.270 e. The number of nitrogens with zero attached hydrogens (tertiary/aromatic N) is 4. The Morgan fingerprint density at radius 2 is 1.00 bits per heavy atom. The molecule has 0 aliphatic rings. The molecule has 0 aliphatic carbocycles. The number of nitro groups is 2. The van der Waals surface area contributed by atoms with Gasteiger partial charge in [-0.25, -0.2) is 0 Å². The molecule has 0 saturated heterocycles. The summed E-state index contributed by atoms with van der Waals surface area (Å²) in [4.78, 5) is 29.2. The Morgan fingerprint density at radius 1 is 0.622 bits per heavy atom. The molecule has 11 nitrogen and oxygen atoms in total. The van der Waals surface area contributed by atoms with E-state index in [9.17, 15) is 30.4 Å². The lowest BCUT2D eigenvalue weighted by atomic mass is 10.2. The monoisotopic (exact) mass is 498 g/mol. The summed E-state index contributed by atoms with van der Waals surface area (Å²) in [5, 5.41) is 41.6. The van der Waals surface area contributed by atoms with Crippen LogP contribution >= 0.6 is 0 Å². The highest BCUT2D eigenvalue weighted by atomic mass is 16.6. The summed E-state index contributed by atoms with van der Waals surface area (Å²) in [6.07, 6.45) is 2.68. The molecule has 4 aromatic rings. The number of nitro benzene ring substituents is 2. The van der Waals surface area contributed by atoms with Crippen LogP contribution in [0.1, 0.15) is 11.1 Å². The lowest BCUT2D eigenvalue weighted by Crippen LogP contribution is -1.90. The summed E-state index contributed by atoms with van der Waals surface area (Å²) in [6, 6.07) is 20.9. The van der Waals surface area contributed by atoms with Crippen LogP contribution in [0, 0.1) is 20.2 Å². The Balaban J connectivity index is 1.40. The average molecular weight is 498 g/mol. The zero-order valence-electron chi connectivity index (χ0n) is 19.0. The van der Waals surface area contributed by atoms with Gasteiger partial charge >= 0.3 is 0 Å². The molecule has 0 unspecified atom stereocenters. The van der Waals surface area contributed by atoms with E-state index in [0.717, 1.165) is 0 Å². The summed E-state index contributed by atoms with van der Waals surface area (Å²) >= 11 is 0. The van der Waals surface area contributed by atoms with Crippen molar-refractivity contribution in [3.63, 3.8) is 0 Å². The van der Waals surface area contributed by atoms with Gasteiger partial charge < -0.3 is 14.9 Å². The molecule has 0 aromatic heterocycles. The predicted octanol–water partition coefficient (Wildman–Crippen LogP) is 6.21. The molecule has 2 N–H and O–H groups in total. The maximum atomic E-state index is 10.9. The van der Waals surface area contributed by atoms with Crippen molar-refractivity contribution in [2.24, 2.45) is 9.98 Å². The Morgan fingerprint density at radius 3 is 1.35 bits per heavy atom. The van der Waals surface area contributed by atoms with Crippen molar-refractivity contribution in [3.05, 3.63) is 116 Å². The number of benzene rings is 4. The fraction of sp³-hybridized carbons (Fsp3) is 0. The van der Waals surface area contributed by atoms with E-state index in [0.29, 0.717) is 22.9 Å². The molecule has 0 bridgehead atoms. The Hall–Kier alpha value is -5.58. The number of aromatic hydroxyl groups is 2. The van der Waals surface area contributed by atoms with Gasteiger partial charge in [-0.2, -0.15) is 0 Å². The van der Waals surface area contributed by atoms with Crippen molar-refractivity contribution in [2.45, 2.75) is 0 Å². The van der Waals surface area contributed by atoms with E-state index < -0.39 is 9.85 Å². The largest absolute Gasteiger partial charge is 0.507 e. The molecular formula is C26H18N4O7. The van der Waals surface area contributed by atoms with E-state index in [1.165, 1.54) is 48.8 Å². The standard InChI is InChI=1S/C26H18N4O7/c31-25-11-5-21(29(33)34)13-17(25)15-27-19-1-7-23(8-2-19)37-24-9-3-20(4-10-24)28-16-18-14-22(30(35)36)6-12-26(18)32/h1-16,31-32H. The zero-order valence-corrected chi connectivity index (χ0v) is 19.0. The van der Waals surface area contributed by atoms with Crippen LogP contribution in [0.4, 0.5) is 22.7 Å². The number of ether oxygens (including phenoxy) is 1. The second kappa shape index (κ2) is 10.8. The van der Waals surface area contributed by atoms with Crippen LogP contribution in [0.15, 0.2) is 94.9 Å². The van der Waals surface area contributed by atoms with Crippen LogP contribution in [0.2, 0.25) is 0 Å². The third kappa shape index (κ3) is 6.31. The van der Waals surface area contributed by atoms with E-state index in [1.807, 2.05) is 0 Å². The van der Waals surface area contributed by atoms with Crippen molar-refractivity contribution in [3.8, 4) is 23.0 Å². The molecule has 0 radical (unpaired) electrons. The quantitative estimate of drug-likeness (QED) is 0.166. The van der Waals surface area contributed by atoms with Crippen molar-refractivity contribution in [1.29, 1.82) is 0 Å². The van der Waals surface area contributed by atoms with Crippen LogP contribution in [0.5, 0.6) is 23.0 Å². The highest BCUT2D eigenvalue weighted by Gasteiger charge is 2.10. The summed E-state index contributed by atoms with van der Waals surface area (Å²) in [5.41, 5.74) is 1.24. The van der Waals surface area contributed by atoms with E-state index >= 15 is 0 Å². The number of hydrogen-bond acceptors (Lipinski definition) is 9. The van der Waals surface area contributed by atoms with E-state index in [2.05, 4.69) is 9.98 Å². The third-order valence-electron chi connectivity index (χ3n) is 5.06. The van der Waals surface area contributed by atoms with E-state index in [1.54, 1.807) is 48.5 Å². The number of non-ortho nitro benzene ring substituents is 2. The summed E-state index contributed by atoms with van der Waals surface area (Å²) in [5.74, 6) is 0.831. The summed E-state index contributed by atoms with van der Waals surface area (Å²) < 4.78 is 5.80. The topological polar surface area (TPSA) is 161 Å².